The minimum Gasteiger partial charge on any atom is -0.458 e. The van der Waals surface area contributed by atoms with Crippen molar-refractivity contribution >= 4 is 19.6 Å². The second-order valence-corrected chi connectivity index (χ2v) is 6.77. The van der Waals surface area contributed by atoms with Crippen molar-refractivity contribution in [1.82, 2.24) is 14.5 Å². The molecule has 0 aliphatic carbocycles. The van der Waals surface area contributed by atoms with Crippen molar-refractivity contribution in [2.75, 3.05) is 13.7 Å². The summed E-state index contributed by atoms with van der Waals surface area (Å²) in [6, 6.07) is 11.5. The normalized spacial score (nSPS) is 11.6. The number of hydrogen-bond donors (Lipinski definition) is 1. The lowest BCUT2D eigenvalue weighted by Gasteiger charge is -2.13. The maximum atomic E-state index is 11.9. The fourth-order valence-electron chi connectivity index (χ4n) is 2.44. The molecule has 0 saturated carbocycles. The van der Waals surface area contributed by atoms with Crippen molar-refractivity contribution in [2.24, 2.45) is 0 Å². The Morgan fingerprint density at radius 2 is 2.00 bits per heavy atom. The first-order chi connectivity index (χ1) is 12.1. The largest absolute Gasteiger partial charge is 0.458 e. The molecule has 1 unspecified atom stereocenters. The number of nitrogens with zero attached hydrogens (tertiary/aromatic N) is 2. The van der Waals surface area contributed by atoms with Gasteiger partial charge >= 0.3 is 0 Å². The van der Waals surface area contributed by atoms with Gasteiger partial charge in [0.1, 0.15) is 5.75 Å². The van der Waals surface area contributed by atoms with Gasteiger partial charge < -0.3 is 8.92 Å². The van der Waals surface area contributed by atoms with E-state index in [9.17, 15) is 4.79 Å². The van der Waals surface area contributed by atoms with Crippen LogP contribution in [-0.4, -0.2) is 28.9 Å². The molecule has 6 heteroatoms. The molecule has 1 N–H and O–H groups in total. The minimum atomic E-state index is -0.721. The number of pyridine rings is 2. The summed E-state index contributed by atoms with van der Waals surface area (Å²) in [4.78, 5) is 16.3. The molecule has 1 atom stereocenters. The fraction of sp³-hybridized carbons (Fsp3) is 0.263. The Kier molecular flexibility index (Phi) is 6.68. The lowest BCUT2D eigenvalue weighted by atomic mass is 10.1. The zero-order valence-corrected chi connectivity index (χ0v) is 16.2. The Labute approximate surface area is 149 Å². The molecule has 0 aliphatic rings. The van der Waals surface area contributed by atoms with Crippen LogP contribution in [0.1, 0.15) is 31.3 Å². The highest BCUT2D eigenvalue weighted by atomic mass is 31.2. The predicted octanol–water partition coefficient (Wildman–Crippen LogP) is 4.77. The zero-order valence-electron chi connectivity index (χ0n) is 15.3. The van der Waals surface area contributed by atoms with E-state index < -0.39 is 8.30 Å². The van der Waals surface area contributed by atoms with E-state index in [0.717, 1.165) is 22.5 Å². The van der Waals surface area contributed by atoms with Crippen LogP contribution in [0.5, 0.6) is 5.75 Å². The molecule has 0 fully saturated rings. The van der Waals surface area contributed by atoms with Gasteiger partial charge in [0, 0.05) is 37.6 Å². The minimum absolute atomic E-state index is 0.0174. The molecule has 0 aromatic carbocycles. The average molecular weight is 357 g/mol. The van der Waals surface area contributed by atoms with Crippen molar-refractivity contribution in [2.45, 2.75) is 20.8 Å². The van der Waals surface area contributed by atoms with Crippen LogP contribution in [0.4, 0.5) is 0 Å². The van der Waals surface area contributed by atoms with E-state index in [2.05, 4.69) is 10.1 Å². The third-order valence-electron chi connectivity index (χ3n) is 3.60. The second kappa shape index (κ2) is 8.75. The number of carbonyl (C=O) groups excluding carboxylic acids is 1. The molecule has 5 nitrogen and oxygen atoms in total. The molecule has 0 bridgehead atoms. The zero-order chi connectivity index (χ0) is 18.4. The van der Waals surface area contributed by atoms with Gasteiger partial charge in [0.15, 0.2) is 14.1 Å². The number of Topliss-reactive ketones (excluding diaryl/α,β-unsaturated/α-hetero) is 1. The molecule has 0 saturated heterocycles. The van der Waals surface area contributed by atoms with E-state index in [1.807, 2.05) is 74.6 Å². The van der Waals surface area contributed by atoms with Gasteiger partial charge in [-0.15, -0.1) is 0 Å². The highest BCUT2D eigenvalue weighted by Crippen LogP contribution is 2.33. The molecule has 0 radical (unpaired) electrons. The molecular formula is C19H24N3O2P. The number of ketones is 1. The monoisotopic (exact) mass is 357 g/mol. The van der Waals surface area contributed by atoms with Crippen molar-refractivity contribution in [3.63, 3.8) is 0 Å². The number of aromatic nitrogens is 2. The van der Waals surface area contributed by atoms with Crippen molar-refractivity contribution < 1.29 is 9.32 Å². The SMILES string of the molecule is CC.CNP(C)Oc1ccn2c(C(C)=O)cc(-c3ccccn3)c2c1. The van der Waals surface area contributed by atoms with Crippen molar-refractivity contribution in [1.29, 1.82) is 0 Å². The first-order valence-corrected chi connectivity index (χ1v) is 9.97. The van der Waals surface area contributed by atoms with Crippen LogP contribution >= 0.6 is 8.30 Å². The van der Waals surface area contributed by atoms with E-state index >= 15 is 0 Å². The quantitative estimate of drug-likeness (QED) is 0.528. The Morgan fingerprint density at radius 3 is 2.60 bits per heavy atom. The predicted molar refractivity (Wildman–Crippen MR) is 105 cm³/mol. The van der Waals surface area contributed by atoms with Crippen LogP contribution in [0.25, 0.3) is 16.8 Å². The Bertz CT molecular complexity index is 847. The summed E-state index contributed by atoms with van der Waals surface area (Å²) in [5, 5.41) is 3.10. The summed E-state index contributed by atoms with van der Waals surface area (Å²) in [7, 11) is 1.15. The van der Waals surface area contributed by atoms with Gasteiger partial charge in [-0.3, -0.25) is 14.9 Å². The van der Waals surface area contributed by atoms with Gasteiger partial charge in [0.2, 0.25) is 0 Å². The van der Waals surface area contributed by atoms with Gasteiger partial charge in [-0.05, 0) is 31.3 Å². The van der Waals surface area contributed by atoms with Crippen LogP contribution in [0, 0.1) is 0 Å². The molecule has 0 spiro atoms. The van der Waals surface area contributed by atoms with Gasteiger partial charge in [0.05, 0.1) is 16.9 Å². The first-order valence-electron chi connectivity index (χ1n) is 8.26. The number of fused-ring (bicyclic) bond motifs is 1. The van der Waals surface area contributed by atoms with E-state index in [4.69, 9.17) is 4.52 Å². The summed E-state index contributed by atoms with van der Waals surface area (Å²) in [6.45, 7) is 7.57. The van der Waals surface area contributed by atoms with Crippen molar-refractivity contribution in [3.05, 3.63) is 54.5 Å². The lowest BCUT2D eigenvalue weighted by molar-refractivity contribution is 0.101. The van der Waals surface area contributed by atoms with Crippen LogP contribution in [0.3, 0.4) is 0 Å². The summed E-state index contributed by atoms with van der Waals surface area (Å²) in [5.74, 6) is 0.787. The average Bonchev–Trinajstić information content (AvgIpc) is 3.03. The summed E-state index contributed by atoms with van der Waals surface area (Å²) < 4.78 is 7.75. The highest BCUT2D eigenvalue weighted by Gasteiger charge is 2.15. The maximum Gasteiger partial charge on any atom is 0.176 e. The molecular weight excluding hydrogens is 333 g/mol. The van der Waals surface area contributed by atoms with E-state index in [1.165, 1.54) is 0 Å². The molecule has 3 aromatic rings. The topological polar surface area (TPSA) is 55.6 Å². The van der Waals surface area contributed by atoms with Crippen LogP contribution in [0.2, 0.25) is 0 Å². The van der Waals surface area contributed by atoms with Gasteiger partial charge in [-0.2, -0.15) is 0 Å². The second-order valence-electron chi connectivity index (χ2n) is 5.14. The van der Waals surface area contributed by atoms with Crippen LogP contribution < -0.4 is 9.61 Å². The summed E-state index contributed by atoms with van der Waals surface area (Å²) in [6.07, 6.45) is 3.62. The number of hydrogen-bond acceptors (Lipinski definition) is 4. The number of rotatable bonds is 5. The molecule has 3 heterocycles. The summed E-state index contributed by atoms with van der Waals surface area (Å²) in [5.41, 5.74) is 3.30. The molecule has 0 aliphatic heterocycles. The van der Waals surface area contributed by atoms with Crippen LogP contribution in [-0.2, 0) is 0 Å². The van der Waals surface area contributed by atoms with Gasteiger partial charge in [0.25, 0.3) is 0 Å². The Morgan fingerprint density at radius 1 is 1.24 bits per heavy atom. The molecule has 25 heavy (non-hydrogen) atoms. The highest BCUT2D eigenvalue weighted by molar-refractivity contribution is 7.49. The molecule has 3 aromatic heterocycles. The Balaban J connectivity index is 0.00000109. The number of nitrogens with one attached hydrogen (secondary N) is 1. The standard InChI is InChI=1S/C17H18N3O2P.C2H6/c1-12(21)16-11-14(15-6-4-5-8-19-15)17-10-13(7-9-20(16)17)22-23(3)18-2;1-2/h4-11,18H,1-3H3;1-2H3. The van der Waals surface area contributed by atoms with Crippen LogP contribution in [0.15, 0.2) is 48.8 Å². The molecule has 132 valence electrons. The third kappa shape index (κ3) is 4.25. The van der Waals surface area contributed by atoms with E-state index in [1.54, 1.807) is 13.1 Å². The molecule has 0 amide bonds. The third-order valence-corrected chi connectivity index (χ3v) is 4.72. The van der Waals surface area contributed by atoms with E-state index in [0.29, 0.717) is 5.69 Å². The first kappa shape index (κ1) is 19.1. The lowest BCUT2D eigenvalue weighted by Crippen LogP contribution is -2.02. The van der Waals surface area contributed by atoms with E-state index in [-0.39, 0.29) is 5.78 Å². The smallest absolute Gasteiger partial charge is 0.176 e. The molecule has 3 rings (SSSR count). The number of carbonyl (C=O) groups is 1. The summed E-state index contributed by atoms with van der Waals surface area (Å²) >= 11 is 0. The van der Waals surface area contributed by atoms with Gasteiger partial charge in [-0.1, -0.05) is 19.9 Å². The Hall–Kier alpha value is -2.23. The van der Waals surface area contributed by atoms with Crippen molar-refractivity contribution in [3.8, 4) is 17.0 Å². The van der Waals surface area contributed by atoms with Gasteiger partial charge in [-0.25, -0.2) is 0 Å². The maximum absolute atomic E-state index is 11.9. The fourth-order valence-corrected chi connectivity index (χ4v) is 2.96.